The van der Waals surface area contributed by atoms with E-state index < -0.39 is 11.5 Å². The Morgan fingerprint density at radius 2 is 1.76 bits per heavy atom. The van der Waals surface area contributed by atoms with Gasteiger partial charge in [0.1, 0.15) is 5.56 Å². The molecule has 0 atom stereocenters. The van der Waals surface area contributed by atoms with Gasteiger partial charge in [-0.1, -0.05) is 30.3 Å². The van der Waals surface area contributed by atoms with E-state index >= 15 is 0 Å². The number of ketones is 1. The molecule has 0 radical (unpaired) electrons. The maximum atomic E-state index is 12.9. The van der Waals surface area contributed by atoms with E-state index in [2.05, 4.69) is 4.98 Å². The molecule has 0 saturated heterocycles. The van der Waals surface area contributed by atoms with E-state index in [-0.39, 0.29) is 18.0 Å². The number of hydrogen-bond donors (Lipinski definition) is 1. The molecule has 1 heterocycles. The minimum Gasteiger partial charge on any atom is -0.462 e. The Morgan fingerprint density at radius 1 is 1.04 bits per heavy atom. The zero-order valence-electron chi connectivity index (χ0n) is 13.8. The fourth-order valence-corrected chi connectivity index (χ4v) is 3.44. The molecule has 0 amide bonds. The summed E-state index contributed by atoms with van der Waals surface area (Å²) in [4.78, 5) is 40.8. The molecule has 25 heavy (non-hydrogen) atoms. The highest BCUT2D eigenvalue weighted by Gasteiger charge is 2.31. The zero-order chi connectivity index (χ0) is 17.7. The molecule has 3 aromatic rings. The first-order chi connectivity index (χ1) is 12.0. The lowest BCUT2D eigenvalue weighted by molar-refractivity contribution is 0.0525. The molecule has 1 N–H and O–H groups in total. The van der Waals surface area contributed by atoms with Crippen LogP contribution in [0.25, 0.3) is 22.0 Å². The Morgan fingerprint density at radius 3 is 2.48 bits per heavy atom. The van der Waals surface area contributed by atoms with Crippen molar-refractivity contribution in [2.24, 2.45) is 0 Å². The van der Waals surface area contributed by atoms with Gasteiger partial charge >= 0.3 is 5.97 Å². The van der Waals surface area contributed by atoms with Crippen molar-refractivity contribution in [1.29, 1.82) is 0 Å². The van der Waals surface area contributed by atoms with Crippen molar-refractivity contribution in [1.82, 2.24) is 4.98 Å². The summed E-state index contributed by atoms with van der Waals surface area (Å²) in [6.07, 6.45) is 0. The average molecular weight is 333 g/mol. The van der Waals surface area contributed by atoms with Crippen LogP contribution in [0.1, 0.15) is 38.8 Å². The van der Waals surface area contributed by atoms with E-state index in [1.807, 2.05) is 6.92 Å². The van der Waals surface area contributed by atoms with Crippen LogP contribution >= 0.6 is 0 Å². The summed E-state index contributed by atoms with van der Waals surface area (Å²) >= 11 is 0. The van der Waals surface area contributed by atoms with E-state index in [1.54, 1.807) is 43.3 Å². The molecule has 0 spiro atoms. The molecule has 124 valence electrons. The van der Waals surface area contributed by atoms with Gasteiger partial charge < -0.3 is 9.72 Å². The molecule has 4 rings (SSSR count). The summed E-state index contributed by atoms with van der Waals surface area (Å²) in [7, 11) is 0. The molecule has 0 fully saturated rings. The summed E-state index contributed by atoms with van der Waals surface area (Å²) in [5.74, 6) is -0.799. The van der Waals surface area contributed by atoms with Crippen molar-refractivity contribution >= 4 is 22.7 Å². The smallest absolute Gasteiger partial charge is 0.344 e. The SMILES string of the molecule is CCOC(=O)c1c2c3c(ccc(C)c3[nH]c1=O)C(=O)c1ccccc1-2. The molecule has 2 aromatic carbocycles. The number of benzene rings is 2. The highest BCUT2D eigenvalue weighted by atomic mass is 16.5. The van der Waals surface area contributed by atoms with Crippen molar-refractivity contribution in [3.05, 3.63) is 69.0 Å². The van der Waals surface area contributed by atoms with Crippen molar-refractivity contribution < 1.29 is 14.3 Å². The number of carbonyl (C=O) groups is 2. The van der Waals surface area contributed by atoms with Gasteiger partial charge in [-0.3, -0.25) is 9.59 Å². The number of hydrogen-bond acceptors (Lipinski definition) is 4. The third kappa shape index (κ3) is 2.05. The lowest BCUT2D eigenvalue weighted by Gasteiger charge is -2.22. The maximum Gasteiger partial charge on any atom is 0.344 e. The summed E-state index contributed by atoms with van der Waals surface area (Å²) in [5, 5.41) is 0.603. The number of fused-ring (bicyclic) bond motifs is 2. The Labute approximate surface area is 143 Å². The minimum absolute atomic E-state index is 0.0545. The molecule has 5 nitrogen and oxygen atoms in total. The fourth-order valence-electron chi connectivity index (χ4n) is 3.44. The molecule has 1 aliphatic rings. The quantitative estimate of drug-likeness (QED) is 0.571. The van der Waals surface area contributed by atoms with Gasteiger partial charge in [-0.25, -0.2) is 4.79 Å². The van der Waals surface area contributed by atoms with Gasteiger partial charge in [0.15, 0.2) is 5.78 Å². The maximum absolute atomic E-state index is 12.9. The lowest BCUT2D eigenvalue weighted by atomic mass is 9.81. The molecule has 0 unspecified atom stereocenters. The first kappa shape index (κ1) is 15.3. The second-order valence-electron chi connectivity index (χ2n) is 5.98. The van der Waals surface area contributed by atoms with E-state index in [1.165, 1.54) is 0 Å². The van der Waals surface area contributed by atoms with E-state index in [4.69, 9.17) is 4.74 Å². The highest BCUT2D eigenvalue weighted by molar-refractivity contribution is 6.27. The predicted octanol–water partition coefficient (Wildman–Crippen LogP) is 3.22. The first-order valence-electron chi connectivity index (χ1n) is 8.05. The van der Waals surface area contributed by atoms with Crippen LogP contribution in [0.5, 0.6) is 0 Å². The average Bonchev–Trinajstić information content (AvgIpc) is 2.60. The Hall–Kier alpha value is -3.21. The lowest BCUT2D eigenvalue weighted by Crippen LogP contribution is -2.24. The monoisotopic (exact) mass is 333 g/mol. The topological polar surface area (TPSA) is 76.2 Å². The summed E-state index contributed by atoms with van der Waals surface area (Å²) in [5.41, 5.74) is 2.88. The van der Waals surface area contributed by atoms with Crippen LogP contribution in [0.15, 0.2) is 41.2 Å². The molecule has 0 aliphatic heterocycles. The van der Waals surface area contributed by atoms with E-state index in [0.717, 1.165) is 5.56 Å². The normalized spacial score (nSPS) is 12.2. The van der Waals surface area contributed by atoms with Crippen LogP contribution < -0.4 is 5.56 Å². The number of aromatic amines is 1. The Balaban J connectivity index is 2.26. The number of rotatable bonds is 2. The van der Waals surface area contributed by atoms with Crippen LogP contribution in [0.3, 0.4) is 0 Å². The summed E-state index contributed by atoms with van der Waals surface area (Å²) in [6, 6.07) is 10.6. The number of pyridine rings is 1. The second-order valence-corrected chi connectivity index (χ2v) is 5.98. The minimum atomic E-state index is -0.683. The largest absolute Gasteiger partial charge is 0.462 e. The third-order valence-electron chi connectivity index (χ3n) is 4.54. The molecule has 1 aromatic heterocycles. The first-order valence-corrected chi connectivity index (χ1v) is 8.05. The van der Waals surface area contributed by atoms with Gasteiger partial charge in [-0.2, -0.15) is 0 Å². The van der Waals surface area contributed by atoms with Gasteiger partial charge in [-0.05, 0) is 31.0 Å². The summed E-state index contributed by atoms with van der Waals surface area (Å²) in [6.45, 7) is 3.70. The summed E-state index contributed by atoms with van der Waals surface area (Å²) < 4.78 is 5.09. The Bertz CT molecular complexity index is 1120. The molecule has 1 aliphatic carbocycles. The van der Waals surface area contributed by atoms with Crippen LogP contribution in [-0.2, 0) is 4.74 Å². The van der Waals surface area contributed by atoms with Crippen molar-refractivity contribution in [2.75, 3.05) is 6.61 Å². The molecule has 0 saturated carbocycles. The number of aromatic nitrogens is 1. The Kier molecular flexibility index (Phi) is 3.32. The molecular weight excluding hydrogens is 318 g/mol. The molecule has 0 bridgehead atoms. The van der Waals surface area contributed by atoms with Crippen LogP contribution in [0, 0.1) is 6.92 Å². The zero-order valence-corrected chi connectivity index (χ0v) is 13.8. The fraction of sp³-hybridized carbons (Fsp3) is 0.150. The van der Waals surface area contributed by atoms with Gasteiger partial charge in [0.25, 0.3) is 5.56 Å². The van der Waals surface area contributed by atoms with Crippen molar-refractivity contribution in [2.45, 2.75) is 13.8 Å². The number of nitrogens with one attached hydrogen (secondary N) is 1. The van der Waals surface area contributed by atoms with Crippen molar-refractivity contribution in [3.8, 4) is 11.1 Å². The van der Waals surface area contributed by atoms with Crippen molar-refractivity contribution in [3.63, 3.8) is 0 Å². The van der Waals surface area contributed by atoms with Gasteiger partial charge in [-0.15, -0.1) is 0 Å². The van der Waals surface area contributed by atoms with E-state index in [9.17, 15) is 14.4 Å². The standard InChI is InChI=1S/C20H15NO4/c1-3-25-20(24)16-14-11-6-4-5-7-12(11)18(22)13-9-8-10(2)17(15(13)14)21-19(16)23/h4-9H,3H2,1-2H3,(H,21,23). The highest BCUT2D eigenvalue weighted by Crippen LogP contribution is 2.40. The number of H-pyrrole nitrogens is 1. The van der Waals surface area contributed by atoms with Crippen LogP contribution in [0.4, 0.5) is 0 Å². The van der Waals surface area contributed by atoms with Crippen LogP contribution in [-0.4, -0.2) is 23.3 Å². The van der Waals surface area contributed by atoms with Gasteiger partial charge in [0, 0.05) is 22.1 Å². The molecular formula is C20H15NO4. The molecule has 5 heteroatoms. The van der Waals surface area contributed by atoms with Crippen LogP contribution in [0.2, 0.25) is 0 Å². The third-order valence-corrected chi connectivity index (χ3v) is 4.54. The number of aryl methyl sites for hydroxylation is 1. The number of carbonyl (C=O) groups excluding carboxylic acids is 2. The second kappa shape index (κ2) is 5.41. The van der Waals surface area contributed by atoms with E-state index in [0.29, 0.717) is 33.2 Å². The number of esters is 1. The van der Waals surface area contributed by atoms with Gasteiger partial charge in [0.2, 0.25) is 0 Å². The van der Waals surface area contributed by atoms with Gasteiger partial charge in [0.05, 0.1) is 12.1 Å². The number of ether oxygens (including phenoxy) is 1. The predicted molar refractivity (Wildman–Crippen MR) is 94.1 cm³/mol.